The zero-order valence-electron chi connectivity index (χ0n) is 12.9. The molecule has 0 aliphatic carbocycles. The molecule has 0 amide bonds. The molecule has 1 fully saturated rings. The van der Waals surface area contributed by atoms with E-state index in [2.05, 4.69) is 42.3 Å². The number of hydrogen-bond donors (Lipinski definition) is 1. The number of nitrogens with one attached hydrogen (secondary N) is 1. The molecule has 1 N–H and O–H groups in total. The zero-order valence-corrected chi connectivity index (χ0v) is 12.9. The lowest BCUT2D eigenvalue weighted by molar-refractivity contribution is -0.00443. The Balaban J connectivity index is 1.90. The van der Waals surface area contributed by atoms with E-state index in [4.69, 9.17) is 9.15 Å². The van der Waals surface area contributed by atoms with Crippen LogP contribution in [0.15, 0.2) is 28.7 Å². The number of ether oxygens (including phenoxy) is 1. The quantitative estimate of drug-likeness (QED) is 0.918. The number of rotatable bonds is 5. The monoisotopic (exact) mass is 288 g/mol. The van der Waals surface area contributed by atoms with Gasteiger partial charge in [-0.25, -0.2) is 0 Å². The number of para-hydroxylation sites is 1. The predicted molar refractivity (Wildman–Crippen MR) is 84.3 cm³/mol. The Bertz CT molecular complexity index is 593. The number of morpholine rings is 1. The smallest absolute Gasteiger partial charge is 0.134 e. The maximum absolute atomic E-state index is 6.06. The fourth-order valence-electron chi connectivity index (χ4n) is 2.90. The van der Waals surface area contributed by atoms with Crippen molar-refractivity contribution in [1.82, 2.24) is 10.2 Å². The SMILES string of the molecule is CCNCc1oc2ccccc2c1CN1CCOCC1C. The summed E-state index contributed by atoms with van der Waals surface area (Å²) >= 11 is 0. The van der Waals surface area contributed by atoms with Gasteiger partial charge < -0.3 is 14.5 Å². The van der Waals surface area contributed by atoms with E-state index < -0.39 is 0 Å². The lowest BCUT2D eigenvalue weighted by Gasteiger charge is -2.33. The topological polar surface area (TPSA) is 37.6 Å². The van der Waals surface area contributed by atoms with Gasteiger partial charge in [-0.1, -0.05) is 25.1 Å². The third-order valence-corrected chi connectivity index (χ3v) is 4.18. The van der Waals surface area contributed by atoms with Crippen molar-refractivity contribution in [2.24, 2.45) is 0 Å². The second-order valence-electron chi connectivity index (χ2n) is 5.67. The van der Waals surface area contributed by atoms with E-state index in [0.29, 0.717) is 6.04 Å². The van der Waals surface area contributed by atoms with Crippen LogP contribution in [0.1, 0.15) is 25.2 Å². The summed E-state index contributed by atoms with van der Waals surface area (Å²) < 4.78 is 11.6. The maximum Gasteiger partial charge on any atom is 0.134 e. The predicted octanol–water partition coefficient (Wildman–Crippen LogP) is 2.76. The van der Waals surface area contributed by atoms with E-state index in [9.17, 15) is 0 Å². The van der Waals surface area contributed by atoms with Gasteiger partial charge in [0.2, 0.25) is 0 Å². The highest BCUT2D eigenvalue weighted by Gasteiger charge is 2.22. The van der Waals surface area contributed by atoms with Crippen molar-refractivity contribution in [2.75, 3.05) is 26.3 Å². The molecule has 1 aromatic carbocycles. The van der Waals surface area contributed by atoms with E-state index in [0.717, 1.165) is 50.7 Å². The molecule has 1 aliphatic heterocycles. The molecule has 1 unspecified atom stereocenters. The summed E-state index contributed by atoms with van der Waals surface area (Å²) in [6, 6.07) is 8.79. The highest BCUT2D eigenvalue weighted by Crippen LogP contribution is 2.28. The molecule has 4 heteroatoms. The van der Waals surface area contributed by atoms with E-state index >= 15 is 0 Å². The lowest BCUT2D eigenvalue weighted by Crippen LogP contribution is -2.43. The summed E-state index contributed by atoms with van der Waals surface area (Å²) in [7, 11) is 0. The van der Waals surface area contributed by atoms with Crippen LogP contribution in [0, 0.1) is 0 Å². The van der Waals surface area contributed by atoms with Crippen LogP contribution in [0.3, 0.4) is 0 Å². The highest BCUT2D eigenvalue weighted by atomic mass is 16.5. The van der Waals surface area contributed by atoms with Gasteiger partial charge in [0.15, 0.2) is 0 Å². The third-order valence-electron chi connectivity index (χ3n) is 4.18. The molecule has 0 saturated carbocycles. The Morgan fingerprint density at radius 2 is 2.19 bits per heavy atom. The minimum Gasteiger partial charge on any atom is -0.459 e. The Kier molecular flexibility index (Phi) is 4.58. The molecule has 3 rings (SSSR count). The maximum atomic E-state index is 6.06. The fourth-order valence-corrected chi connectivity index (χ4v) is 2.90. The summed E-state index contributed by atoms with van der Waals surface area (Å²) in [5, 5.41) is 4.62. The molecule has 1 atom stereocenters. The highest BCUT2D eigenvalue weighted by molar-refractivity contribution is 5.82. The summed E-state index contributed by atoms with van der Waals surface area (Å²) in [6.45, 7) is 9.64. The molecule has 1 aliphatic rings. The number of hydrogen-bond acceptors (Lipinski definition) is 4. The van der Waals surface area contributed by atoms with Gasteiger partial charge in [-0.15, -0.1) is 0 Å². The van der Waals surface area contributed by atoms with Crippen molar-refractivity contribution >= 4 is 11.0 Å². The Morgan fingerprint density at radius 3 is 3.00 bits per heavy atom. The minimum atomic E-state index is 0.458. The first-order valence-corrected chi connectivity index (χ1v) is 7.81. The van der Waals surface area contributed by atoms with Crippen LogP contribution < -0.4 is 5.32 Å². The molecule has 2 heterocycles. The van der Waals surface area contributed by atoms with Crippen LogP contribution in [0.5, 0.6) is 0 Å². The molecule has 0 bridgehead atoms. The second kappa shape index (κ2) is 6.60. The number of fused-ring (bicyclic) bond motifs is 1. The zero-order chi connectivity index (χ0) is 14.7. The normalized spacial score (nSPS) is 20.2. The van der Waals surface area contributed by atoms with Crippen molar-refractivity contribution in [2.45, 2.75) is 33.0 Å². The average molecular weight is 288 g/mol. The minimum absolute atomic E-state index is 0.458. The summed E-state index contributed by atoms with van der Waals surface area (Å²) in [5.74, 6) is 1.07. The Labute approximate surface area is 126 Å². The fraction of sp³-hybridized carbons (Fsp3) is 0.529. The Morgan fingerprint density at radius 1 is 1.33 bits per heavy atom. The first-order valence-electron chi connectivity index (χ1n) is 7.81. The van der Waals surface area contributed by atoms with Gasteiger partial charge in [-0.2, -0.15) is 0 Å². The van der Waals surface area contributed by atoms with Crippen molar-refractivity contribution in [3.63, 3.8) is 0 Å². The van der Waals surface area contributed by atoms with Crippen LogP contribution in [0.2, 0.25) is 0 Å². The molecule has 21 heavy (non-hydrogen) atoms. The molecular formula is C17H24N2O2. The van der Waals surface area contributed by atoms with Gasteiger partial charge in [0, 0.05) is 30.1 Å². The van der Waals surface area contributed by atoms with Gasteiger partial charge in [0.05, 0.1) is 19.8 Å². The molecule has 1 saturated heterocycles. The first-order chi connectivity index (χ1) is 10.3. The molecule has 1 aromatic heterocycles. The average Bonchev–Trinajstić information content (AvgIpc) is 2.85. The van der Waals surface area contributed by atoms with Crippen LogP contribution in [0.4, 0.5) is 0 Å². The molecule has 0 spiro atoms. The Hall–Kier alpha value is -1.36. The van der Waals surface area contributed by atoms with E-state index in [1.807, 2.05) is 6.07 Å². The summed E-state index contributed by atoms with van der Waals surface area (Å²) in [5.41, 5.74) is 2.31. The number of nitrogens with zero attached hydrogens (tertiary/aromatic N) is 1. The van der Waals surface area contributed by atoms with Crippen molar-refractivity contribution in [1.29, 1.82) is 0 Å². The van der Waals surface area contributed by atoms with Gasteiger partial charge in [0.1, 0.15) is 11.3 Å². The third kappa shape index (κ3) is 3.12. The lowest BCUT2D eigenvalue weighted by atomic mass is 10.1. The largest absolute Gasteiger partial charge is 0.459 e. The first kappa shape index (κ1) is 14.6. The van der Waals surface area contributed by atoms with Crippen molar-refractivity contribution in [3.8, 4) is 0 Å². The van der Waals surface area contributed by atoms with Gasteiger partial charge in [0.25, 0.3) is 0 Å². The number of benzene rings is 1. The van der Waals surface area contributed by atoms with E-state index in [-0.39, 0.29) is 0 Å². The molecule has 2 aromatic rings. The molecule has 114 valence electrons. The van der Waals surface area contributed by atoms with Crippen molar-refractivity contribution < 1.29 is 9.15 Å². The van der Waals surface area contributed by atoms with Gasteiger partial charge in [-0.05, 0) is 19.5 Å². The molecular weight excluding hydrogens is 264 g/mol. The van der Waals surface area contributed by atoms with Crippen LogP contribution in [-0.4, -0.2) is 37.2 Å². The van der Waals surface area contributed by atoms with E-state index in [1.54, 1.807) is 0 Å². The van der Waals surface area contributed by atoms with Gasteiger partial charge >= 0.3 is 0 Å². The summed E-state index contributed by atoms with van der Waals surface area (Å²) in [6.07, 6.45) is 0. The number of furan rings is 1. The molecule has 0 radical (unpaired) electrons. The van der Waals surface area contributed by atoms with Gasteiger partial charge in [-0.3, -0.25) is 4.90 Å². The standard InChI is InChI=1S/C17H24N2O2/c1-3-18-10-17-15(11-19-8-9-20-12-13(19)2)14-6-4-5-7-16(14)21-17/h4-7,13,18H,3,8-12H2,1-2H3. The second-order valence-corrected chi connectivity index (χ2v) is 5.67. The molecule has 4 nitrogen and oxygen atoms in total. The van der Waals surface area contributed by atoms with Crippen molar-refractivity contribution in [3.05, 3.63) is 35.6 Å². The van der Waals surface area contributed by atoms with Crippen LogP contribution in [-0.2, 0) is 17.8 Å². The summed E-state index contributed by atoms with van der Waals surface area (Å²) in [4.78, 5) is 2.48. The van der Waals surface area contributed by atoms with Crippen LogP contribution in [0.25, 0.3) is 11.0 Å². The van der Waals surface area contributed by atoms with Crippen LogP contribution >= 0.6 is 0 Å². The van der Waals surface area contributed by atoms with E-state index in [1.165, 1.54) is 10.9 Å².